The zero-order valence-corrected chi connectivity index (χ0v) is 10.1. The molecule has 2 atom stereocenters. The SMILES string of the molecule is CC(O)C(NC(=O)CCO)C(=O)N1CCCC1. The Hall–Kier alpha value is -1.14. The van der Waals surface area contributed by atoms with Gasteiger partial charge in [-0.1, -0.05) is 0 Å². The third-order valence-electron chi connectivity index (χ3n) is 2.82. The first-order valence-corrected chi connectivity index (χ1v) is 5.93. The average Bonchev–Trinajstić information content (AvgIpc) is 2.78. The van der Waals surface area contributed by atoms with Crippen molar-refractivity contribution < 1.29 is 19.8 Å². The van der Waals surface area contributed by atoms with Crippen LogP contribution in [-0.4, -0.2) is 58.8 Å². The zero-order chi connectivity index (χ0) is 12.8. The summed E-state index contributed by atoms with van der Waals surface area (Å²) in [5.74, 6) is -0.672. The van der Waals surface area contributed by atoms with Gasteiger partial charge in [0.05, 0.1) is 12.7 Å². The van der Waals surface area contributed by atoms with E-state index < -0.39 is 18.1 Å². The molecule has 0 spiro atoms. The molecule has 0 bridgehead atoms. The van der Waals surface area contributed by atoms with E-state index in [0.29, 0.717) is 13.1 Å². The Bertz CT molecular complexity index is 275. The van der Waals surface area contributed by atoms with Gasteiger partial charge in [0.15, 0.2) is 0 Å². The van der Waals surface area contributed by atoms with Crippen LogP contribution in [0.1, 0.15) is 26.2 Å². The fraction of sp³-hybridized carbons (Fsp3) is 0.818. The molecule has 2 unspecified atom stereocenters. The first-order valence-electron chi connectivity index (χ1n) is 5.93. The van der Waals surface area contributed by atoms with Crippen LogP contribution in [0.3, 0.4) is 0 Å². The molecule has 1 saturated heterocycles. The number of aliphatic hydroxyl groups is 2. The molecule has 1 aliphatic heterocycles. The quantitative estimate of drug-likeness (QED) is 0.570. The van der Waals surface area contributed by atoms with Crippen LogP contribution in [0, 0.1) is 0 Å². The van der Waals surface area contributed by atoms with Crippen LogP contribution < -0.4 is 5.32 Å². The lowest BCUT2D eigenvalue weighted by molar-refractivity contribution is -0.138. The Morgan fingerprint density at radius 2 is 1.94 bits per heavy atom. The van der Waals surface area contributed by atoms with Gasteiger partial charge in [-0.3, -0.25) is 9.59 Å². The molecule has 0 aromatic heterocycles. The maximum Gasteiger partial charge on any atom is 0.247 e. The molecular weight excluding hydrogens is 224 g/mol. The Morgan fingerprint density at radius 3 is 2.41 bits per heavy atom. The summed E-state index contributed by atoms with van der Waals surface area (Å²) in [7, 11) is 0. The molecule has 6 nitrogen and oxygen atoms in total. The van der Waals surface area contributed by atoms with E-state index in [4.69, 9.17) is 5.11 Å². The number of amides is 2. The number of hydrogen-bond acceptors (Lipinski definition) is 4. The van der Waals surface area contributed by atoms with Gasteiger partial charge in [0.25, 0.3) is 0 Å². The lowest BCUT2D eigenvalue weighted by Crippen LogP contribution is -2.53. The fourth-order valence-electron chi connectivity index (χ4n) is 1.87. The molecule has 0 radical (unpaired) electrons. The third-order valence-corrected chi connectivity index (χ3v) is 2.82. The molecule has 2 amide bonds. The molecule has 0 aromatic rings. The van der Waals surface area contributed by atoms with Gasteiger partial charge in [-0.15, -0.1) is 0 Å². The molecule has 0 saturated carbocycles. The smallest absolute Gasteiger partial charge is 0.247 e. The van der Waals surface area contributed by atoms with Gasteiger partial charge in [0, 0.05) is 19.5 Å². The second-order valence-electron chi connectivity index (χ2n) is 4.29. The van der Waals surface area contributed by atoms with Gasteiger partial charge in [0.2, 0.25) is 11.8 Å². The van der Waals surface area contributed by atoms with Crippen LogP contribution in [0.25, 0.3) is 0 Å². The van der Waals surface area contributed by atoms with E-state index in [1.807, 2.05) is 0 Å². The van der Waals surface area contributed by atoms with Gasteiger partial charge < -0.3 is 20.4 Å². The van der Waals surface area contributed by atoms with Crippen molar-refractivity contribution in [2.75, 3.05) is 19.7 Å². The molecule has 98 valence electrons. The zero-order valence-electron chi connectivity index (χ0n) is 10.1. The summed E-state index contributed by atoms with van der Waals surface area (Å²) in [4.78, 5) is 25.0. The van der Waals surface area contributed by atoms with Crippen LogP contribution in [-0.2, 0) is 9.59 Å². The number of hydrogen-bond donors (Lipinski definition) is 3. The Morgan fingerprint density at radius 1 is 1.35 bits per heavy atom. The first kappa shape index (κ1) is 13.9. The first-order chi connectivity index (χ1) is 8.06. The van der Waals surface area contributed by atoms with Crippen molar-refractivity contribution in [2.45, 2.75) is 38.3 Å². The average molecular weight is 244 g/mol. The van der Waals surface area contributed by atoms with Crippen molar-refractivity contribution in [1.82, 2.24) is 10.2 Å². The molecule has 1 rings (SSSR count). The van der Waals surface area contributed by atoms with Crippen molar-refractivity contribution in [3.63, 3.8) is 0 Å². The second-order valence-corrected chi connectivity index (χ2v) is 4.29. The minimum absolute atomic E-state index is 0.0590. The lowest BCUT2D eigenvalue weighted by atomic mass is 10.1. The number of rotatable bonds is 5. The molecule has 0 aromatic carbocycles. The number of likely N-dealkylation sites (tertiary alicyclic amines) is 1. The molecule has 6 heteroatoms. The van der Waals surface area contributed by atoms with Crippen molar-refractivity contribution in [3.05, 3.63) is 0 Å². The normalized spacial score (nSPS) is 18.9. The molecule has 1 fully saturated rings. The minimum atomic E-state index is -0.939. The summed E-state index contributed by atoms with van der Waals surface area (Å²) >= 11 is 0. The highest BCUT2D eigenvalue weighted by atomic mass is 16.3. The number of nitrogens with zero attached hydrogens (tertiary/aromatic N) is 1. The van der Waals surface area contributed by atoms with Crippen molar-refractivity contribution in [3.8, 4) is 0 Å². The molecule has 0 aliphatic carbocycles. The van der Waals surface area contributed by atoms with Crippen LogP contribution in [0.15, 0.2) is 0 Å². The van der Waals surface area contributed by atoms with Crippen LogP contribution in [0.5, 0.6) is 0 Å². The number of carbonyl (C=O) groups excluding carboxylic acids is 2. The van der Waals surface area contributed by atoms with Gasteiger partial charge >= 0.3 is 0 Å². The highest BCUT2D eigenvalue weighted by Gasteiger charge is 2.30. The number of carbonyl (C=O) groups is 2. The largest absolute Gasteiger partial charge is 0.396 e. The highest BCUT2D eigenvalue weighted by Crippen LogP contribution is 2.10. The van der Waals surface area contributed by atoms with Gasteiger partial charge in [-0.05, 0) is 19.8 Å². The van der Waals surface area contributed by atoms with Gasteiger partial charge in [0.1, 0.15) is 6.04 Å². The molecule has 1 heterocycles. The summed E-state index contributed by atoms with van der Waals surface area (Å²) in [6.07, 6.45) is 0.924. The third kappa shape index (κ3) is 3.98. The maximum atomic E-state index is 12.0. The predicted molar refractivity (Wildman–Crippen MR) is 61.1 cm³/mol. The summed E-state index contributed by atoms with van der Waals surface area (Å²) in [6, 6.07) is -0.910. The van der Waals surface area contributed by atoms with Crippen molar-refractivity contribution >= 4 is 11.8 Å². The molecular formula is C11H20N2O4. The fourth-order valence-corrected chi connectivity index (χ4v) is 1.87. The number of aliphatic hydroxyl groups excluding tert-OH is 2. The Balaban J connectivity index is 2.58. The van der Waals surface area contributed by atoms with Crippen LogP contribution in [0.4, 0.5) is 0 Å². The van der Waals surface area contributed by atoms with Crippen molar-refractivity contribution in [2.24, 2.45) is 0 Å². The highest BCUT2D eigenvalue weighted by molar-refractivity contribution is 5.88. The van der Waals surface area contributed by atoms with E-state index >= 15 is 0 Å². The van der Waals surface area contributed by atoms with E-state index in [9.17, 15) is 14.7 Å². The summed E-state index contributed by atoms with van der Waals surface area (Å²) < 4.78 is 0. The minimum Gasteiger partial charge on any atom is -0.396 e. The van der Waals surface area contributed by atoms with Crippen molar-refractivity contribution in [1.29, 1.82) is 0 Å². The van der Waals surface area contributed by atoms with Gasteiger partial charge in [-0.2, -0.15) is 0 Å². The summed E-state index contributed by atoms with van der Waals surface area (Å²) in [5.41, 5.74) is 0. The molecule has 3 N–H and O–H groups in total. The summed E-state index contributed by atoms with van der Waals surface area (Å²) in [5, 5.41) is 20.6. The monoisotopic (exact) mass is 244 g/mol. The van der Waals surface area contributed by atoms with E-state index in [2.05, 4.69) is 5.32 Å². The molecule has 1 aliphatic rings. The molecule has 17 heavy (non-hydrogen) atoms. The van der Waals surface area contributed by atoms with E-state index in [0.717, 1.165) is 12.8 Å². The predicted octanol–water partition coefficient (Wildman–Crippen LogP) is -1.14. The maximum absolute atomic E-state index is 12.0. The standard InChI is InChI=1S/C11H20N2O4/c1-8(15)10(12-9(16)4-7-14)11(17)13-5-2-3-6-13/h8,10,14-15H,2-7H2,1H3,(H,12,16). The summed E-state index contributed by atoms with van der Waals surface area (Å²) in [6.45, 7) is 2.56. The second kappa shape index (κ2) is 6.56. The Labute approximate surface area is 101 Å². The number of nitrogens with one attached hydrogen (secondary N) is 1. The van der Waals surface area contributed by atoms with E-state index in [1.54, 1.807) is 4.90 Å². The van der Waals surface area contributed by atoms with Crippen LogP contribution in [0.2, 0.25) is 0 Å². The lowest BCUT2D eigenvalue weighted by Gasteiger charge is -2.25. The van der Waals surface area contributed by atoms with Crippen LogP contribution >= 0.6 is 0 Å². The van der Waals surface area contributed by atoms with Gasteiger partial charge in [-0.25, -0.2) is 0 Å². The van der Waals surface area contributed by atoms with E-state index in [1.165, 1.54) is 6.92 Å². The van der Waals surface area contributed by atoms with E-state index in [-0.39, 0.29) is 18.9 Å². The Kier molecular flexibility index (Phi) is 5.37. The topological polar surface area (TPSA) is 89.9 Å².